The average molecular weight is 414 g/mol. The first kappa shape index (κ1) is 19.4. The molecular weight excluding hydrogens is 392 g/mol. The third-order valence-corrected chi connectivity index (χ3v) is 6.44. The van der Waals surface area contributed by atoms with E-state index >= 15 is 0 Å². The lowest BCUT2D eigenvalue weighted by molar-refractivity contribution is -0.137. The third kappa shape index (κ3) is 3.54. The molecule has 156 valence electrons. The van der Waals surface area contributed by atoms with Gasteiger partial charge in [0.25, 0.3) is 0 Å². The predicted octanol–water partition coefficient (Wildman–Crippen LogP) is 6.14. The Kier molecular flexibility index (Phi) is 4.69. The molecule has 1 unspecified atom stereocenters. The molecule has 2 aliphatic rings. The Labute approximate surface area is 172 Å². The van der Waals surface area contributed by atoms with Crippen LogP contribution in [-0.4, -0.2) is 29.5 Å². The molecule has 0 saturated heterocycles. The molecule has 1 N–H and O–H groups in total. The van der Waals surface area contributed by atoms with Gasteiger partial charge in [0, 0.05) is 42.3 Å². The number of fused-ring (bicyclic) bond motifs is 2. The second-order valence-corrected chi connectivity index (χ2v) is 8.28. The fourth-order valence-corrected chi connectivity index (χ4v) is 4.85. The average Bonchev–Trinajstić information content (AvgIpc) is 3.31. The van der Waals surface area contributed by atoms with Gasteiger partial charge in [0.05, 0.1) is 5.56 Å². The summed E-state index contributed by atoms with van der Waals surface area (Å²) >= 11 is 0. The zero-order valence-electron chi connectivity index (χ0n) is 16.4. The SMILES string of the molecule is Fc1ccc2[nH]cc(C3=CCN(CC4CCc5ccc(C(F)(F)F)cc54)CC3)c2c1. The molecule has 1 atom stereocenters. The molecule has 0 spiro atoms. The second kappa shape index (κ2) is 7.27. The molecule has 0 saturated carbocycles. The molecule has 6 heteroatoms. The van der Waals surface area contributed by atoms with Crippen LogP contribution in [0.4, 0.5) is 17.6 Å². The smallest absolute Gasteiger partial charge is 0.361 e. The van der Waals surface area contributed by atoms with Crippen molar-refractivity contribution in [2.24, 2.45) is 0 Å². The van der Waals surface area contributed by atoms with Crippen molar-refractivity contribution in [1.82, 2.24) is 9.88 Å². The first-order valence-electron chi connectivity index (χ1n) is 10.3. The molecule has 0 bridgehead atoms. The van der Waals surface area contributed by atoms with Crippen LogP contribution in [-0.2, 0) is 12.6 Å². The van der Waals surface area contributed by atoms with Gasteiger partial charge < -0.3 is 4.98 Å². The Morgan fingerprint density at radius 3 is 2.70 bits per heavy atom. The highest BCUT2D eigenvalue weighted by atomic mass is 19.4. The predicted molar refractivity (Wildman–Crippen MR) is 110 cm³/mol. The van der Waals surface area contributed by atoms with Crippen molar-refractivity contribution >= 4 is 16.5 Å². The van der Waals surface area contributed by atoms with Gasteiger partial charge in [-0.15, -0.1) is 0 Å². The van der Waals surface area contributed by atoms with E-state index in [1.54, 1.807) is 18.2 Å². The molecule has 5 rings (SSSR count). The van der Waals surface area contributed by atoms with Gasteiger partial charge in [-0.2, -0.15) is 13.2 Å². The minimum Gasteiger partial charge on any atom is -0.361 e. The number of nitrogens with one attached hydrogen (secondary N) is 1. The van der Waals surface area contributed by atoms with E-state index in [-0.39, 0.29) is 11.7 Å². The molecule has 0 amide bonds. The largest absolute Gasteiger partial charge is 0.416 e. The topological polar surface area (TPSA) is 19.0 Å². The van der Waals surface area contributed by atoms with Crippen LogP contribution >= 0.6 is 0 Å². The van der Waals surface area contributed by atoms with E-state index in [0.29, 0.717) is 0 Å². The number of halogens is 4. The number of nitrogens with zero attached hydrogens (tertiary/aromatic N) is 1. The highest BCUT2D eigenvalue weighted by molar-refractivity contribution is 5.92. The van der Waals surface area contributed by atoms with E-state index in [1.165, 1.54) is 23.8 Å². The maximum Gasteiger partial charge on any atom is 0.416 e. The van der Waals surface area contributed by atoms with Gasteiger partial charge in [-0.3, -0.25) is 4.90 Å². The van der Waals surface area contributed by atoms with Gasteiger partial charge in [0.15, 0.2) is 0 Å². The summed E-state index contributed by atoms with van der Waals surface area (Å²) in [7, 11) is 0. The number of aromatic amines is 1. The summed E-state index contributed by atoms with van der Waals surface area (Å²) in [6.07, 6.45) is 2.37. The lowest BCUT2D eigenvalue weighted by Crippen LogP contribution is -2.32. The number of hydrogen-bond donors (Lipinski definition) is 1. The second-order valence-electron chi connectivity index (χ2n) is 8.28. The molecule has 30 heavy (non-hydrogen) atoms. The molecule has 1 aliphatic carbocycles. The first-order valence-corrected chi connectivity index (χ1v) is 10.3. The Bertz CT molecular complexity index is 1130. The Hall–Kier alpha value is -2.60. The minimum atomic E-state index is -4.30. The quantitative estimate of drug-likeness (QED) is 0.510. The van der Waals surface area contributed by atoms with Gasteiger partial charge in [-0.05, 0) is 72.2 Å². The Morgan fingerprint density at radius 2 is 1.93 bits per heavy atom. The molecule has 2 nitrogen and oxygen atoms in total. The summed E-state index contributed by atoms with van der Waals surface area (Å²) in [5, 5.41) is 0.888. The van der Waals surface area contributed by atoms with Crippen molar-refractivity contribution in [2.45, 2.75) is 31.4 Å². The van der Waals surface area contributed by atoms with E-state index in [0.717, 1.165) is 66.5 Å². The normalized spacial score (nSPS) is 19.9. The molecule has 1 aromatic heterocycles. The molecule has 1 aliphatic heterocycles. The highest BCUT2D eigenvalue weighted by Gasteiger charge is 2.33. The van der Waals surface area contributed by atoms with Gasteiger partial charge in [0.1, 0.15) is 5.82 Å². The number of alkyl halides is 3. The Morgan fingerprint density at radius 1 is 1.07 bits per heavy atom. The van der Waals surface area contributed by atoms with Crippen molar-refractivity contribution in [3.63, 3.8) is 0 Å². The number of H-pyrrole nitrogens is 1. The highest BCUT2D eigenvalue weighted by Crippen LogP contribution is 2.39. The van der Waals surface area contributed by atoms with Crippen LogP contribution in [0.5, 0.6) is 0 Å². The summed E-state index contributed by atoms with van der Waals surface area (Å²) in [6.45, 7) is 2.36. The van der Waals surface area contributed by atoms with Crippen molar-refractivity contribution < 1.29 is 17.6 Å². The molecular formula is C24H22F4N2. The van der Waals surface area contributed by atoms with Crippen LogP contribution in [0, 0.1) is 5.82 Å². The van der Waals surface area contributed by atoms with E-state index in [4.69, 9.17) is 0 Å². The maximum absolute atomic E-state index is 13.7. The van der Waals surface area contributed by atoms with E-state index in [1.807, 2.05) is 6.20 Å². The molecule has 0 fully saturated rings. The monoisotopic (exact) mass is 414 g/mol. The number of rotatable bonds is 3. The van der Waals surface area contributed by atoms with Gasteiger partial charge >= 0.3 is 6.18 Å². The van der Waals surface area contributed by atoms with Crippen LogP contribution in [0.1, 0.15) is 41.0 Å². The standard InChI is InChI=1S/C24H22F4N2/c25-19-5-6-23-21(12-19)22(13-29-23)16-7-9-30(10-8-16)14-17-2-1-15-3-4-18(11-20(15)17)24(26,27)28/h3-7,11-13,17,29H,1-2,8-10,14H2. The van der Waals surface area contributed by atoms with Crippen molar-refractivity contribution in [3.05, 3.63) is 76.7 Å². The van der Waals surface area contributed by atoms with E-state index in [2.05, 4.69) is 16.0 Å². The van der Waals surface area contributed by atoms with Crippen LogP contribution in [0.3, 0.4) is 0 Å². The van der Waals surface area contributed by atoms with Crippen molar-refractivity contribution in [1.29, 1.82) is 0 Å². The Balaban J connectivity index is 1.31. The zero-order valence-corrected chi connectivity index (χ0v) is 16.4. The maximum atomic E-state index is 13.7. The number of hydrogen-bond acceptors (Lipinski definition) is 1. The van der Waals surface area contributed by atoms with Gasteiger partial charge in [-0.25, -0.2) is 4.39 Å². The van der Waals surface area contributed by atoms with E-state index < -0.39 is 11.7 Å². The van der Waals surface area contributed by atoms with Crippen LogP contribution in [0.25, 0.3) is 16.5 Å². The molecule has 3 aromatic rings. The summed E-state index contributed by atoms with van der Waals surface area (Å²) in [4.78, 5) is 5.50. The summed E-state index contributed by atoms with van der Waals surface area (Å²) in [5.74, 6) is -0.112. The van der Waals surface area contributed by atoms with Gasteiger partial charge in [-0.1, -0.05) is 12.1 Å². The molecule has 2 aromatic carbocycles. The number of aromatic nitrogens is 1. The van der Waals surface area contributed by atoms with Crippen LogP contribution < -0.4 is 0 Å². The van der Waals surface area contributed by atoms with Gasteiger partial charge in [0.2, 0.25) is 0 Å². The fraction of sp³-hybridized carbons (Fsp3) is 0.333. The fourth-order valence-electron chi connectivity index (χ4n) is 4.85. The third-order valence-electron chi connectivity index (χ3n) is 6.44. The number of aryl methyl sites for hydroxylation is 1. The summed E-state index contributed by atoms with van der Waals surface area (Å²) in [5.41, 5.74) is 4.48. The lowest BCUT2D eigenvalue weighted by atomic mass is 9.95. The summed E-state index contributed by atoms with van der Waals surface area (Å²) in [6, 6.07) is 8.93. The molecule has 2 heterocycles. The van der Waals surface area contributed by atoms with Crippen LogP contribution in [0.15, 0.2) is 48.7 Å². The van der Waals surface area contributed by atoms with Crippen LogP contribution in [0.2, 0.25) is 0 Å². The van der Waals surface area contributed by atoms with Crippen molar-refractivity contribution in [3.8, 4) is 0 Å². The molecule has 0 radical (unpaired) electrons. The summed E-state index contributed by atoms with van der Waals surface area (Å²) < 4.78 is 53.0. The van der Waals surface area contributed by atoms with Crippen molar-refractivity contribution in [2.75, 3.05) is 19.6 Å². The zero-order chi connectivity index (χ0) is 20.9. The van der Waals surface area contributed by atoms with E-state index in [9.17, 15) is 17.6 Å². The number of benzene rings is 2. The minimum absolute atomic E-state index is 0.138. The first-order chi connectivity index (χ1) is 14.4. The lowest BCUT2D eigenvalue weighted by Gasteiger charge is -2.29.